The monoisotopic (exact) mass is 268 g/mol. The third-order valence-electron chi connectivity index (χ3n) is 2.24. The molecule has 0 aromatic heterocycles. The second-order valence-electron chi connectivity index (χ2n) is 3.97. The number of halogens is 1. The fraction of sp³-hybridized carbons (Fsp3) is 0.800. The predicted octanol–water partition coefficient (Wildman–Crippen LogP) is -1.88. The van der Waals surface area contributed by atoms with Gasteiger partial charge in [0.1, 0.15) is 0 Å². The van der Waals surface area contributed by atoms with Crippen molar-refractivity contribution >= 4 is 0 Å². The number of unbranched alkanes of at least 4 members (excludes halogenated alkanes) is 3. The third kappa shape index (κ3) is 13.4. The number of hydrogen-bond acceptors (Lipinski definition) is 6. The van der Waals surface area contributed by atoms with Crippen molar-refractivity contribution in [2.24, 2.45) is 0 Å². The molecule has 1 rings (SSSR count). The minimum Gasteiger partial charge on any atom is -0.362 e. The summed E-state index contributed by atoms with van der Waals surface area (Å²) in [6.45, 7) is 4.55. The molecule has 0 aromatic carbocycles. The minimum absolute atomic E-state index is 1.08. The van der Waals surface area contributed by atoms with Crippen molar-refractivity contribution < 1.29 is 28.9 Å². The van der Waals surface area contributed by atoms with Gasteiger partial charge in [0, 0.05) is 26.0 Å². The molecule has 1 aliphatic heterocycles. The summed E-state index contributed by atoms with van der Waals surface area (Å²) in [5.41, 5.74) is 0. The van der Waals surface area contributed by atoms with E-state index in [1.807, 2.05) is 0 Å². The van der Waals surface area contributed by atoms with E-state index < -0.39 is 10.2 Å². The van der Waals surface area contributed by atoms with Crippen LogP contribution in [0.25, 0.3) is 0 Å². The van der Waals surface area contributed by atoms with Gasteiger partial charge >= 0.3 is 0 Å². The molecule has 0 radical (unpaired) electrons. The molecule has 0 saturated heterocycles. The zero-order valence-electron chi connectivity index (χ0n) is 10.3. The van der Waals surface area contributed by atoms with Gasteiger partial charge in [-0.3, -0.25) is 0 Å². The van der Waals surface area contributed by atoms with Gasteiger partial charge in [0.05, 0.1) is 21.6 Å². The zero-order valence-corrected chi connectivity index (χ0v) is 11.1. The Hall–Kier alpha value is -0.530. The molecule has 0 bridgehead atoms. The van der Waals surface area contributed by atoms with E-state index >= 15 is 0 Å². The van der Waals surface area contributed by atoms with Crippen LogP contribution in [0, 0.1) is 10.2 Å². The van der Waals surface area contributed by atoms with Crippen LogP contribution in [-0.4, -0.2) is 34.7 Å². The molecule has 1 heterocycles. The van der Waals surface area contributed by atoms with Gasteiger partial charge in [-0.1, -0.05) is 26.2 Å². The lowest BCUT2D eigenvalue weighted by Crippen LogP contribution is -2.58. The molecule has 0 unspecified atom stereocenters. The van der Waals surface area contributed by atoms with Crippen LogP contribution in [0.4, 0.5) is 0 Å². The van der Waals surface area contributed by atoms with E-state index in [1.54, 1.807) is 0 Å². The van der Waals surface area contributed by atoms with Gasteiger partial charge in [-0.2, -0.15) is 14.0 Å². The Balaban J connectivity index is 0.000000437. The lowest BCUT2D eigenvalue weighted by Gasteiger charge is -2.17. The Morgan fingerprint density at radius 3 is 2.18 bits per heavy atom. The molecule has 1 N–H and O–H groups in total. The quantitative estimate of drug-likeness (QED) is 0.586. The lowest BCUT2D eigenvalue weighted by molar-refractivity contribution is -1.92. The zero-order chi connectivity index (χ0) is 13.3. The Morgan fingerprint density at radius 2 is 1.76 bits per heavy atom. The molecular weight excluding hydrogens is 248 g/mol. The van der Waals surface area contributed by atoms with Crippen LogP contribution >= 0.6 is 0 Å². The average molecular weight is 269 g/mol. The van der Waals surface area contributed by atoms with E-state index in [1.165, 1.54) is 32.2 Å². The van der Waals surface area contributed by atoms with Crippen LogP contribution in [0.15, 0.2) is 12.4 Å². The maximum absolute atomic E-state index is 8.60. The molecule has 0 atom stereocenters. The fourth-order valence-electron chi connectivity index (χ4n) is 1.48. The van der Waals surface area contributed by atoms with E-state index in [9.17, 15) is 0 Å². The molecule has 0 aliphatic carbocycles. The van der Waals surface area contributed by atoms with Crippen molar-refractivity contribution in [1.82, 2.24) is 9.80 Å². The first kappa shape index (κ1) is 16.5. The molecule has 6 nitrogen and oxygen atoms in total. The van der Waals surface area contributed by atoms with Crippen molar-refractivity contribution in [3.63, 3.8) is 0 Å². The molecule has 1 aliphatic rings. The summed E-state index contributed by atoms with van der Waals surface area (Å²) in [6, 6.07) is 0. The summed E-state index contributed by atoms with van der Waals surface area (Å²) in [7, 11) is -2.58. The number of rotatable bonds is 5. The Morgan fingerprint density at radius 1 is 1.18 bits per heavy atom. The SMILES string of the molecule is CCCCCCN1C=CN(C)C1.[O-][Cl+3]([O-])([O-])O. The summed E-state index contributed by atoms with van der Waals surface area (Å²) in [4.78, 5) is 4.58. The summed E-state index contributed by atoms with van der Waals surface area (Å²) >= 11 is 0. The molecule has 17 heavy (non-hydrogen) atoms. The highest BCUT2D eigenvalue weighted by atomic mass is 35.7. The average Bonchev–Trinajstić information content (AvgIpc) is 2.56. The molecular formula is C10H21ClN2O4. The van der Waals surface area contributed by atoms with Gasteiger partial charge in [-0.25, -0.2) is 0 Å². The van der Waals surface area contributed by atoms with E-state index in [0.29, 0.717) is 0 Å². The van der Waals surface area contributed by atoms with Crippen LogP contribution in [-0.2, 0) is 0 Å². The van der Waals surface area contributed by atoms with Gasteiger partial charge in [0.15, 0.2) is 0 Å². The van der Waals surface area contributed by atoms with Crippen LogP contribution in [0.1, 0.15) is 32.6 Å². The largest absolute Gasteiger partial charge is 0.362 e. The topological polar surface area (TPSA) is 95.9 Å². The lowest BCUT2D eigenvalue weighted by atomic mass is 10.2. The van der Waals surface area contributed by atoms with Crippen molar-refractivity contribution in [2.75, 3.05) is 20.3 Å². The Labute approximate surface area is 104 Å². The fourth-order valence-corrected chi connectivity index (χ4v) is 1.48. The molecule has 0 spiro atoms. The van der Waals surface area contributed by atoms with Gasteiger partial charge in [0.2, 0.25) is 0 Å². The normalized spacial score (nSPS) is 14.9. The highest BCUT2D eigenvalue weighted by molar-refractivity contribution is 4.88. The van der Waals surface area contributed by atoms with E-state index in [0.717, 1.165) is 6.67 Å². The molecule has 7 heteroatoms. The summed E-state index contributed by atoms with van der Waals surface area (Å²) < 4.78 is 32.7. The number of nitrogens with zero attached hydrogens (tertiary/aromatic N) is 2. The first-order valence-corrected chi connectivity index (χ1v) is 6.85. The highest BCUT2D eigenvalue weighted by Crippen LogP contribution is 2.06. The molecule has 102 valence electrons. The number of hydrogen-bond donors (Lipinski definition) is 1. The van der Waals surface area contributed by atoms with Gasteiger partial charge in [-0.05, 0) is 6.42 Å². The summed E-state index contributed by atoms with van der Waals surface area (Å²) in [5, 5.41) is 0. The van der Waals surface area contributed by atoms with Gasteiger partial charge in [-0.15, -0.1) is 0 Å². The van der Waals surface area contributed by atoms with Crippen molar-refractivity contribution in [3.8, 4) is 0 Å². The maximum Gasteiger partial charge on any atom is 0.0890 e. The van der Waals surface area contributed by atoms with Crippen LogP contribution in [0.5, 0.6) is 0 Å². The van der Waals surface area contributed by atoms with E-state index in [-0.39, 0.29) is 0 Å². The van der Waals surface area contributed by atoms with Crippen molar-refractivity contribution in [3.05, 3.63) is 12.4 Å². The molecule has 0 amide bonds. The molecule has 0 saturated carbocycles. The van der Waals surface area contributed by atoms with E-state index in [4.69, 9.17) is 18.6 Å². The second-order valence-corrected chi connectivity index (χ2v) is 4.76. The standard InChI is InChI=1S/C10H20N2.ClHO4/c1-3-4-5-6-7-12-9-8-11(2)10-12;2-1(3,4)5/h8-9H,3-7,10H2,1-2H3;(H,2,3,4,5). The van der Waals surface area contributed by atoms with Gasteiger partial charge < -0.3 is 9.80 Å². The smallest absolute Gasteiger partial charge is 0.0890 e. The molecule has 0 fully saturated rings. The first-order chi connectivity index (χ1) is 7.83. The minimum atomic E-state index is -4.69. The maximum atomic E-state index is 8.60. The van der Waals surface area contributed by atoms with Crippen LogP contribution in [0.3, 0.4) is 0 Å². The van der Waals surface area contributed by atoms with Crippen LogP contribution < -0.4 is 14.0 Å². The van der Waals surface area contributed by atoms with E-state index in [2.05, 4.69) is 36.2 Å². The second kappa shape index (κ2) is 8.54. The highest BCUT2D eigenvalue weighted by Gasteiger charge is 2.06. The Kier molecular flexibility index (Phi) is 8.28. The van der Waals surface area contributed by atoms with Crippen LogP contribution in [0.2, 0.25) is 0 Å². The summed E-state index contributed by atoms with van der Waals surface area (Å²) in [5.74, 6) is 0. The van der Waals surface area contributed by atoms with Gasteiger partial charge in [0.25, 0.3) is 0 Å². The van der Waals surface area contributed by atoms with Crippen molar-refractivity contribution in [2.45, 2.75) is 32.6 Å². The third-order valence-corrected chi connectivity index (χ3v) is 2.24. The predicted molar refractivity (Wildman–Crippen MR) is 54.8 cm³/mol. The van der Waals surface area contributed by atoms with Crippen molar-refractivity contribution in [1.29, 1.82) is 0 Å². The Bertz CT molecular complexity index is 215. The first-order valence-electron chi connectivity index (χ1n) is 5.58. The molecule has 0 aromatic rings. The summed E-state index contributed by atoms with van der Waals surface area (Å²) in [6.07, 6.45) is 9.76.